The first-order valence-corrected chi connectivity index (χ1v) is 3.55. The van der Waals surface area contributed by atoms with Crippen molar-refractivity contribution in [2.75, 3.05) is 0 Å². The Morgan fingerprint density at radius 3 is 2.80 bits per heavy atom. The van der Waals surface area contributed by atoms with Crippen molar-refractivity contribution in [3.63, 3.8) is 0 Å². The number of nitrogens with one attached hydrogen (secondary N) is 1. The van der Waals surface area contributed by atoms with Crippen LogP contribution in [0.15, 0.2) is 23.0 Å². The Morgan fingerprint density at radius 1 is 1.40 bits per heavy atom. The summed E-state index contributed by atoms with van der Waals surface area (Å²) in [4.78, 5) is 13.6. The van der Waals surface area contributed by atoms with Gasteiger partial charge in [-0.25, -0.2) is 0 Å². The lowest BCUT2D eigenvalue weighted by molar-refractivity contribution is 1.000. The molecular weight excluding hydrogens is 126 g/mol. The Balaban J connectivity index is 2.41. The third kappa shape index (κ3) is 0.967. The van der Waals surface area contributed by atoms with Crippen molar-refractivity contribution in [1.29, 1.82) is 0 Å². The maximum Gasteiger partial charge on any atom is 0.248 e. The van der Waals surface area contributed by atoms with Gasteiger partial charge >= 0.3 is 0 Å². The molecule has 1 aromatic rings. The van der Waals surface area contributed by atoms with E-state index in [1.165, 1.54) is 12.8 Å². The summed E-state index contributed by atoms with van der Waals surface area (Å²) >= 11 is 0. The van der Waals surface area contributed by atoms with Crippen LogP contribution in [0.4, 0.5) is 0 Å². The molecule has 1 aromatic heterocycles. The smallest absolute Gasteiger partial charge is 0.248 e. The van der Waals surface area contributed by atoms with E-state index in [0.29, 0.717) is 5.92 Å². The highest BCUT2D eigenvalue weighted by molar-refractivity contribution is 5.14. The number of hydrogen-bond donors (Lipinski definition) is 1. The van der Waals surface area contributed by atoms with Crippen LogP contribution in [0.3, 0.4) is 0 Å². The Labute approximate surface area is 58.9 Å². The predicted molar refractivity (Wildman–Crippen MR) is 39.0 cm³/mol. The van der Waals surface area contributed by atoms with Crippen LogP contribution >= 0.6 is 0 Å². The molecule has 1 fully saturated rings. The standard InChI is InChI=1S/C8H9NO/c10-8-3-1-2-7(9-8)6-4-5-6/h1-3,6H,4-5H2,(H,9,10). The molecule has 0 radical (unpaired) electrons. The Morgan fingerprint density at radius 2 is 2.20 bits per heavy atom. The number of hydrogen-bond acceptors (Lipinski definition) is 1. The minimum absolute atomic E-state index is 0.0180. The van der Waals surface area contributed by atoms with E-state index in [0.717, 1.165) is 5.69 Å². The van der Waals surface area contributed by atoms with Crippen LogP contribution in [0, 0.1) is 0 Å². The molecule has 1 N–H and O–H groups in total. The van der Waals surface area contributed by atoms with Crippen molar-refractivity contribution in [1.82, 2.24) is 4.98 Å². The predicted octanol–water partition coefficient (Wildman–Crippen LogP) is 1.25. The van der Waals surface area contributed by atoms with Gasteiger partial charge in [0.2, 0.25) is 5.56 Å². The molecule has 0 aliphatic heterocycles. The number of rotatable bonds is 1. The zero-order chi connectivity index (χ0) is 6.97. The molecule has 1 aliphatic rings. The van der Waals surface area contributed by atoms with Gasteiger partial charge in [0.25, 0.3) is 0 Å². The summed E-state index contributed by atoms with van der Waals surface area (Å²) in [5.41, 5.74) is 1.12. The highest BCUT2D eigenvalue weighted by Gasteiger charge is 2.23. The lowest BCUT2D eigenvalue weighted by Crippen LogP contribution is -2.04. The molecule has 1 aliphatic carbocycles. The van der Waals surface area contributed by atoms with Crippen molar-refractivity contribution in [2.24, 2.45) is 0 Å². The molecule has 0 bridgehead atoms. The molecular formula is C8H9NO. The normalized spacial score (nSPS) is 17.2. The second-order valence-corrected chi connectivity index (χ2v) is 2.74. The fourth-order valence-corrected chi connectivity index (χ4v) is 1.10. The zero-order valence-corrected chi connectivity index (χ0v) is 5.63. The van der Waals surface area contributed by atoms with Crippen LogP contribution in [0.1, 0.15) is 24.5 Å². The van der Waals surface area contributed by atoms with Crippen LogP contribution in [-0.4, -0.2) is 4.98 Å². The first-order valence-electron chi connectivity index (χ1n) is 3.55. The summed E-state index contributed by atoms with van der Waals surface area (Å²) in [5, 5.41) is 0. The van der Waals surface area contributed by atoms with E-state index in [1.807, 2.05) is 12.1 Å². The van der Waals surface area contributed by atoms with Crippen LogP contribution in [-0.2, 0) is 0 Å². The van der Waals surface area contributed by atoms with Crippen molar-refractivity contribution in [3.8, 4) is 0 Å². The summed E-state index contributed by atoms with van der Waals surface area (Å²) in [7, 11) is 0. The first-order chi connectivity index (χ1) is 4.86. The van der Waals surface area contributed by atoms with E-state index in [-0.39, 0.29) is 5.56 Å². The highest BCUT2D eigenvalue weighted by atomic mass is 16.1. The average Bonchev–Trinajstić information content (AvgIpc) is 2.68. The average molecular weight is 135 g/mol. The Hall–Kier alpha value is -1.05. The second kappa shape index (κ2) is 1.97. The minimum atomic E-state index is 0.0180. The van der Waals surface area contributed by atoms with Gasteiger partial charge in [0.1, 0.15) is 0 Å². The molecule has 0 amide bonds. The second-order valence-electron chi connectivity index (χ2n) is 2.74. The van der Waals surface area contributed by atoms with Gasteiger partial charge in [-0.15, -0.1) is 0 Å². The maximum atomic E-state index is 10.8. The van der Waals surface area contributed by atoms with E-state index < -0.39 is 0 Å². The first kappa shape index (κ1) is 5.71. The molecule has 0 aromatic carbocycles. The highest BCUT2D eigenvalue weighted by Crippen LogP contribution is 2.38. The van der Waals surface area contributed by atoms with Gasteiger partial charge in [-0.2, -0.15) is 0 Å². The van der Waals surface area contributed by atoms with Crippen molar-refractivity contribution >= 4 is 0 Å². The molecule has 0 saturated heterocycles. The Bertz CT molecular complexity index is 285. The summed E-state index contributed by atoms with van der Waals surface area (Å²) in [6.45, 7) is 0. The van der Waals surface area contributed by atoms with E-state index in [2.05, 4.69) is 4.98 Å². The largest absolute Gasteiger partial charge is 0.326 e. The lowest BCUT2D eigenvalue weighted by atomic mass is 10.2. The summed E-state index contributed by atoms with van der Waals surface area (Å²) in [6.07, 6.45) is 2.47. The molecule has 1 heterocycles. The minimum Gasteiger partial charge on any atom is -0.326 e. The molecule has 2 rings (SSSR count). The fraction of sp³-hybridized carbons (Fsp3) is 0.375. The van der Waals surface area contributed by atoms with Crippen molar-refractivity contribution in [2.45, 2.75) is 18.8 Å². The van der Waals surface area contributed by atoms with E-state index in [9.17, 15) is 4.79 Å². The van der Waals surface area contributed by atoms with Crippen LogP contribution < -0.4 is 5.56 Å². The Kier molecular flexibility index (Phi) is 1.13. The summed E-state index contributed by atoms with van der Waals surface area (Å²) in [6, 6.07) is 5.34. The number of pyridine rings is 1. The number of H-pyrrole nitrogens is 1. The van der Waals surface area contributed by atoms with Crippen LogP contribution in [0.5, 0.6) is 0 Å². The topological polar surface area (TPSA) is 32.9 Å². The third-order valence-electron chi connectivity index (χ3n) is 1.81. The molecule has 2 heteroatoms. The number of aromatic nitrogens is 1. The SMILES string of the molecule is O=c1cccc(C2CC2)[nH]1. The number of aromatic amines is 1. The van der Waals surface area contributed by atoms with Gasteiger partial charge in [-0.05, 0) is 24.8 Å². The third-order valence-corrected chi connectivity index (χ3v) is 1.81. The quantitative estimate of drug-likeness (QED) is 0.617. The van der Waals surface area contributed by atoms with Crippen LogP contribution in [0.2, 0.25) is 0 Å². The lowest BCUT2D eigenvalue weighted by Gasteiger charge is -1.93. The van der Waals surface area contributed by atoms with Gasteiger partial charge in [-0.3, -0.25) is 4.79 Å². The van der Waals surface area contributed by atoms with E-state index in [1.54, 1.807) is 6.07 Å². The van der Waals surface area contributed by atoms with E-state index >= 15 is 0 Å². The molecule has 1 saturated carbocycles. The van der Waals surface area contributed by atoms with Crippen molar-refractivity contribution in [3.05, 3.63) is 34.2 Å². The van der Waals surface area contributed by atoms with Crippen LogP contribution in [0.25, 0.3) is 0 Å². The van der Waals surface area contributed by atoms with Crippen molar-refractivity contribution < 1.29 is 0 Å². The fourth-order valence-electron chi connectivity index (χ4n) is 1.10. The van der Waals surface area contributed by atoms with Gasteiger partial charge in [0.05, 0.1) is 0 Å². The molecule has 52 valence electrons. The molecule has 2 nitrogen and oxygen atoms in total. The monoisotopic (exact) mass is 135 g/mol. The maximum absolute atomic E-state index is 10.8. The molecule has 0 spiro atoms. The van der Waals surface area contributed by atoms with Gasteiger partial charge in [0, 0.05) is 11.8 Å². The van der Waals surface area contributed by atoms with E-state index in [4.69, 9.17) is 0 Å². The summed E-state index contributed by atoms with van der Waals surface area (Å²) in [5.74, 6) is 0.647. The zero-order valence-electron chi connectivity index (χ0n) is 5.63. The summed E-state index contributed by atoms with van der Waals surface area (Å²) < 4.78 is 0. The molecule has 0 unspecified atom stereocenters. The van der Waals surface area contributed by atoms with Gasteiger partial charge in [0.15, 0.2) is 0 Å². The molecule has 10 heavy (non-hydrogen) atoms. The van der Waals surface area contributed by atoms with Gasteiger partial charge < -0.3 is 4.98 Å². The molecule has 0 atom stereocenters. The van der Waals surface area contributed by atoms with Gasteiger partial charge in [-0.1, -0.05) is 6.07 Å².